The number of benzene rings is 1. The molecule has 5 heteroatoms. The average molecular weight is 340 g/mol. The Morgan fingerprint density at radius 1 is 1.25 bits per heavy atom. The fourth-order valence-electron chi connectivity index (χ4n) is 3.44. The predicted octanol–water partition coefficient (Wildman–Crippen LogP) is 3.33. The molecular weight excluding hydrogens is 320 g/mol. The summed E-state index contributed by atoms with van der Waals surface area (Å²) in [6.45, 7) is 0.310. The maximum atomic E-state index is 12.6. The molecule has 2 aromatic heterocycles. The Bertz CT molecular complexity index is 834. The van der Waals surface area contributed by atoms with Crippen LogP contribution in [0.3, 0.4) is 0 Å². The van der Waals surface area contributed by atoms with Crippen LogP contribution in [-0.2, 0) is 11.3 Å². The number of thiophene rings is 1. The lowest BCUT2D eigenvalue weighted by molar-refractivity contribution is -0.123. The average Bonchev–Trinajstić information content (AvgIpc) is 3.20. The predicted molar refractivity (Wildman–Crippen MR) is 95.9 cm³/mol. The number of carbonyl (C=O) groups excluding carboxylic acids is 1. The lowest BCUT2D eigenvalue weighted by Gasteiger charge is -2.37. The number of para-hydroxylation sites is 1. The Morgan fingerprint density at radius 2 is 2.08 bits per heavy atom. The van der Waals surface area contributed by atoms with Crippen LogP contribution in [-0.4, -0.2) is 21.7 Å². The van der Waals surface area contributed by atoms with Crippen LogP contribution in [0.4, 0.5) is 0 Å². The van der Waals surface area contributed by atoms with Crippen molar-refractivity contribution >= 4 is 28.1 Å². The van der Waals surface area contributed by atoms with Crippen molar-refractivity contribution in [3.8, 4) is 0 Å². The highest BCUT2D eigenvalue weighted by atomic mass is 32.1. The van der Waals surface area contributed by atoms with Gasteiger partial charge in [-0.25, -0.2) is 0 Å². The Morgan fingerprint density at radius 3 is 2.83 bits per heavy atom. The lowest BCUT2D eigenvalue weighted by Crippen LogP contribution is -2.42. The molecule has 0 aliphatic heterocycles. The summed E-state index contributed by atoms with van der Waals surface area (Å²) in [5.41, 5.74) is 1.07. The molecule has 0 radical (unpaired) electrons. The first-order chi connectivity index (χ1) is 11.7. The van der Waals surface area contributed by atoms with E-state index in [9.17, 15) is 9.90 Å². The van der Waals surface area contributed by atoms with Crippen molar-refractivity contribution < 1.29 is 9.90 Å². The van der Waals surface area contributed by atoms with Crippen LogP contribution in [0.15, 0.2) is 54.0 Å². The van der Waals surface area contributed by atoms with Crippen LogP contribution in [0.1, 0.15) is 23.8 Å². The van der Waals surface area contributed by atoms with Crippen LogP contribution < -0.4 is 5.32 Å². The number of rotatable bonds is 5. The molecule has 1 fully saturated rings. The minimum atomic E-state index is -0.220. The van der Waals surface area contributed by atoms with Gasteiger partial charge in [0.05, 0.1) is 12.1 Å². The van der Waals surface area contributed by atoms with E-state index < -0.39 is 0 Å². The maximum Gasteiger partial charge on any atom is 0.240 e. The van der Waals surface area contributed by atoms with Gasteiger partial charge in [-0.2, -0.15) is 0 Å². The van der Waals surface area contributed by atoms with Crippen molar-refractivity contribution in [2.75, 3.05) is 0 Å². The first-order valence-corrected chi connectivity index (χ1v) is 9.13. The van der Waals surface area contributed by atoms with E-state index in [4.69, 9.17) is 0 Å². The lowest BCUT2D eigenvalue weighted by atomic mass is 9.77. The monoisotopic (exact) mass is 340 g/mol. The Balaban J connectivity index is 1.49. The van der Waals surface area contributed by atoms with Crippen molar-refractivity contribution in [2.45, 2.75) is 31.5 Å². The van der Waals surface area contributed by atoms with Crippen LogP contribution in [0.2, 0.25) is 0 Å². The quantitative estimate of drug-likeness (QED) is 0.748. The third-order valence-electron chi connectivity index (χ3n) is 4.78. The highest BCUT2D eigenvalue weighted by Crippen LogP contribution is 2.39. The molecule has 4 nitrogen and oxygen atoms in total. The Kier molecular flexibility index (Phi) is 4.12. The number of amides is 1. The summed E-state index contributed by atoms with van der Waals surface area (Å²) in [6, 6.07) is 14.2. The van der Waals surface area contributed by atoms with Crippen molar-refractivity contribution in [3.05, 3.63) is 58.9 Å². The third-order valence-corrected chi connectivity index (χ3v) is 5.74. The standard InChI is InChI=1S/C19H20N2O2S/c22-15-10-14(11-15)19(17-6-3-9-24-17)20-18(23)12-21-8-7-13-4-1-2-5-16(13)21/h1-9,14-15,19,22H,10-12H2,(H,20,23)/t14?,15?,19-/m1/s1. The number of aromatic nitrogens is 1. The van der Waals surface area contributed by atoms with E-state index >= 15 is 0 Å². The molecule has 2 N–H and O–H groups in total. The van der Waals surface area contributed by atoms with Gasteiger partial charge in [0.25, 0.3) is 0 Å². The molecule has 1 aromatic carbocycles. The molecule has 1 aliphatic rings. The van der Waals surface area contributed by atoms with Gasteiger partial charge in [-0.15, -0.1) is 11.3 Å². The molecular formula is C19H20N2O2S. The van der Waals surface area contributed by atoms with Gasteiger partial charge in [0, 0.05) is 16.6 Å². The topological polar surface area (TPSA) is 54.3 Å². The molecule has 1 saturated carbocycles. The van der Waals surface area contributed by atoms with Gasteiger partial charge in [-0.05, 0) is 47.7 Å². The van der Waals surface area contributed by atoms with E-state index in [0.717, 1.165) is 28.6 Å². The fraction of sp³-hybridized carbons (Fsp3) is 0.316. The molecule has 124 valence electrons. The maximum absolute atomic E-state index is 12.6. The molecule has 0 saturated heterocycles. The largest absolute Gasteiger partial charge is 0.393 e. The smallest absolute Gasteiger partial charge is 0.240 e. The van der Waals surface area contributed by atoms with E-state index in [0.29, 0.717) is 12.5 Å². The van der Waals surface area contributed by atoms with Crippen LogP contribution in [0.25, 0.3) is 10.9 Å². The highest BCUT2D eigenvalue weighted by Gasteiger charge is 2.36. The second-order valence-electron chi connectivity index (χ2n) is 6.45. The number of hydrogen-bond donors (Lipinski definition) is 2. The number of nitrogens with zero attached hydrogens (tertiary/aromatic N) is 1. The highest BCUT2D eigenvalue weighted by molar-refractivity contribution is 7.10. The number of hydrogen-bond acceptors (Lipinski definition) is 3. The van der Waals surface area contributed by atoms with Gasteiger partial charge in [0.15, 0.2) is 0 Å². The summed E-state index contributed by atoms with van der Waals surface area (Å²) in [7, 11) is 0. The van der Waals surface area contributed by atoms with Crippen LogP contribution in [0, 0.1) is 5.92 Å². The van der Waals surface area contributed by atoms with E-state index in [1.807, 2.05) is 52.5 Å². The molecule has 1 aliphatic carbocycles. The molecule has 1 atom stereocenters. The van der Waals surface area contributed by atoms with Gasteiger partial charge >= 0.3 is 0 Å². The first-order valence-electron chi connectivity index (χ1n) is 8.25. The Hall–Kier alpha value is -2.11. The summed E-state index contributed by atoms with van der Waals surface area (Å²) in [6.07, 6.45) is 3.25. The summed E-state index contributed by atoms with van der Waals surface area (Å²) < 4.78 is 1.98. The van der Waals surface area contributed by atoms with Gasteiger partial charge in [-0.1, -0.05) is 24.3 Å². The number of aliphatic hydroxyl groups is 1. The number of fused-ring (bicyclic) bond motifs is 1. The van der Waals surface area contributed by atoms with Crippen molar-refractivity contribution in [3.63, 3.8) is 0 Å². The summed E-state index contributed by atoms with van der Waals surface area (Å²) in [5, 5.41) is 16.0. The third kappa shape index (κ3) is 2.97. The van der Waals surface area contributed by atoms with E-state index in [2.05, 4.69) is 11.4 Å². The van der Waals surface area contributed by atoms with Crippen LogP contribution >= 0.6 is 11.3 Å². The van der Waals surface area contributed by atoms with Gasteiger partial charge < -0.3 is 15.0 Å². The molecule has 3 aromatic rings. The fourth-order valence-corrected chi connectivity index (χ4v) is 4.31. The SMILES string of the molecule is O=C(Cn1ccc2ccccc21)N[C@@H](c1cccs1)C1CC(O)C1. The summed E-state index contributed by atoms with van der Waals surface area (Å²) in [4.78, 5) is 13.8. The second kappa shape index (κ2) is 6.42. The van der Waals surface area contributed by atoms with Crippen molar-refractivity contribution in [2.24, 2.45) is 5.92 Å². The zero-order chi connectivity index (χ0) is 16.5. The van der Waals surface area contributed by atoms with Crippen molar-refractivity contribution in [1.82, 2.24) is 9.88 Å². The van der Waals surface area contributed by atoms with Crippen LogP contribution in [0.5, 0.6) is 0 Å². The normalized spacial score (nSPS) is 21.4. The first kappa shape index (κ1) is 15.4. The van der Waals surface area contributed by atoms with Gasteiger partial charge in [0.1, 0.15) is 6.54 Å². The molecule has 0 bridgehead atoms. The molecule has 1 amide bonds. The van der Waals surface area contributed by atoms with Gasteiger partial charge in [-0.3, -0.25) is 4.79 Å². The minimum absolute atomic E-state index is 0.00252. The minimum Gasteiger partial charge on any atom is -0.393 e. The zero-order valence-corrected chi connectivity index (χ0v) is 14.1. The van der Waals surface area contributed by atoms with Gasteiger partial charge in [0.2, 0.25) is 5.91 Å². The second-order valence-corrected chi connectivity index (χ2v) is 7.43. The van der Waals surface area contributed by atoms with E-state index in [1.54, 1.807) is 11.3 Å². The zero-order valence-electron chi connectivity index (χ0n) is 13.3. The molecule has 24 heavy (non-hydrogen) atoms. The summed E-state index contributed by atoms with van der Waals surface area (Å²) in [5.74, 6) is 0.333. The number of carbonyl (C=O) groups is 1. The van der Waals surface area contributed by atoms with E-state index in [1.165, 1.54) is 0 Å². The Labute approximate surface area is 144 Å². The molecule has 0 unspecified atom stereocenters. The van der Waals surface area contributed by atoms with Crippen molar-refractivity contribution in [1.29, 1.82) is 0 Å². The molecule has 0 spiro atoms. The summed E-state index contributed by atoms with van der Waals surface area (Å²) >= 11 is 1.66. The number of nitrogens with one attached hydrogen (secondary N) is 1. The van der Waals surface area contributed by atoms with E-state index in [-0.39, 0.29) is 18.1 Å². The molecule has 2 heterocycles. The number of aliphatic hydroxyl groups excluding tert-OH is 1. The molecule has 4 rings (SSSR count).